The van der Waals surface area contributed by atoms with E-state index in [1.807, 2.05) is 58.0 Å². The summed E-state index contributed by atoms with van der Waals surface area (Å²) < 4.78 is 5.64. The van der Waals surface area contributed by atoms with Gasteiger partial charge in [0.05, 0.1) is 19.3 Å². The monoisotopic (exact) mass is 292 g/mol. The van der Waals surface area contributed by atoms with Gasteiger partial charge in [-0.25, -0.2) is 0 Å². The Hall–Kier alpha value is -1.19. The van der Waals surface area contributed by atoms with Gasteiger partial charge in [-0.05, 0) is 12.0 Å². The topological polar surface area (TPSA) is 46.5 Å². The molecule has 0 aliphatic carbocycles. The highest BCUT2D eigenvalue weighted by Crippen LogP contribution is 2.28. The lowest BCUT2D eigenvalue weighted by Crippen LogP contribution is -2.41. The van der Waals surface area contributed by atoms with E-state index in [1.54, 1.807) is 0 Å². The molecule has 0 saturated heterocycles. The normalized spacial score (nSPS) is 14.7. The van der Waals surface area contributed by atoms with Gasteiger partial charge in [-0.3, -0.25) is 4.79 Å². The molecule has 3 nitrogen and oxygen atoms in total. The molecule has 0 aliphatic heterocycles. The third kappa shape index (κ3) is 5.25. The van der Waals surface area contributed by atoms with E-state index in [4.69, 9.17) is 4.74 Å². The average Bonchev–Trinajstić information content (AvgIpc) is 2.47. The minimum atomic E-state index is -0.717. The predicted octanol–water partition coefficient (Wildman–Crippen LogP) is 3.60. The summed E-state index contributed by atoms with van der Waals surface area (Å²) in [4.78, 5) is 12.5. The van der Waals surface area contributed by atoms with Crippen molar-refractivity contribution in [1.29, 1.82) is 0 Å². The summed E-state index contributed by atoms with van der Waals surface area (Å²) in [6, 6.07) is 9.91. The summed E-state index contributed by atoms with van der Waals surface area (Å²) in [6.07, 6.45) is 0.930. The van der Waals surface area contributed by atoms with Crippen LogP contribution in [0.1, 0.15) is 46.1 Å². The zero-order valence-corrected chi connectivity index (χ0v) is 13.6. The van der Waals surface area contributed by atoms with Crippen molar-refractivity contribution in [3.05, 3.63) is 35.9 Å². The van der Waals surface area contributed by atoms with Crippen LogP contribution in [-0.4, -0.2) is 23.6 Å². The van der Waals surface area contributed by atoms with Gasteiger partial charge < -0.3 is 9.84 Å². The van der Waals surface area contributed by atoms with Crippen LogP contribution in [0.2, 0.25) is 0 Å². The molecular weight excluding hydrogens is 264 g/mol. The van der Waals surface area contributed by atoms with E-state index >= 15 is 0 Å². The van der Waals surface area contributed by atoms with Crippen LogP contribution < -0.4 is 0 Å². The minimum Gasteiger partial charge on any atom is -0.392 e. The molecule has 2 atom stereocenters. The van der Waals surface area contributed by atoms with Gasteiger partial charge in [-0.15, -0.1) is 0 Å². The molecule has 0 fully saturated rings. The van der Waals surface area contributed by atoms with E-state index in [9.17, 15) is 9.90 Å². The number of aliphatic hydroxyl groups excluding tert-OH is 1. The number of rotatable bonds is 9. The van der Waals surface area contributed by atoms with Crippen molar-refractivity contribution >= 4 is 5.78 Å². The van der Waals surface area contributed by atoms with Gasteiger partial charge in [0.2, 0.25) is 0 Å². The lowest BCUT2D eigenvalue weighted by Gasteiger charge is -2.31. The highest BCUT2D eigenvalue weighted by atomic mass is 16.5. The zero-order valence-electron chi connectivity index (χ0n) is 13.6. The summed E-state index contributed by atoms with van der Waals surface area (Å²) in [5.41, 5.74) is 0.383. The maximum atomic E-state index is 12.5. The van der Waals surface area contributed by atoms with E-state index in [-0.39, 0.29) is 11.7 Å². The first-order valence-corrected chi connectivity index (χ1v) is 7.73. The molecule has 0 bridgehead atoms. The SMILES string of the molecule is CCC[C@H](O)C(C)(C)C(=O)[C@@H](C)COCc1ccccc1. The molecule has 0 spiro atoms. The van der Waals surface area contributed by atoms with E-state index in [0.717, 1.165) is 12.0 Å². The molecule has 1 rings (SSSR count). The first-order valence-electron chi connectivity index (χ1n) is 7.73. The molecule has 3 heteroatoms. The second kappa shape index (κ2) is 8.30. The first kappa shape index (κ1) is 17.9. The lowest BCUT2D eigenvalue weighted by atomic mass is 9.76. The van der Waals surface area contributed by atoms with Gasteiger partial charge in [0.1, 0.15) is 5.78 Å². The van der Waals surface area contributed by atoms with Crippen LogP contribution in [0.25, 0.3) is 0 Å². The lowest BCUT2D eigenvalue weighted by molar-refractivity contribution is -0.139. The summed E-state index contributed by atoms with van der Waals surface area (Å²) in [5.74, 6) is -0.147. The van der Waals surface area contributed by atoms with Gasteiger partial charge in [0.25, 0.3) is 0 Å². The maximum absolute atomic E-state index is 12.5. The Morgan fingerprint density at radius 1 is 1.29 bits per heavy atom. The van der Waals surface area contributed by atoms with Crippen LogP contribution in [-0.2, 0) is 16.1 Å². The van der Waals surface area contributed by atoms with Gasteiger partial charge in [-0.2, -0.15) is 0 Å². The second-order valence-corrected chi connectivity index (χ2v) is 6.29. The van der Waals surface area contributed by atoms with Crippen molar-refractivity contribution in [2.75, 3.05) is 6.61 Å². The van der Waals surface area contributed by atoms with Gasteiger partial charge in [0, 0.05) is 11.3 Å². The Kier molecular flexibility index (Phi) is 7.06. The molecule has 21 heavy (non-hydrogen) atoms. The second-order valence-electron chi connectivity index (χ2n) is 6.29. The number of hydrogen-bond donors (Lipinski definition) is 1. The fraction of sp³-hybridized carbons (Fsp3) is 0.611. The third-order valence-electron chi connectivity index (χ3n) is 3.96. The fourth-order valence-electron chi connectivity index (χ4n) is 2.44. The van der Waals surface area contributed by atoms with E-state index < -0.39 is 11.5 Å². The van der Waals surface area contributed by atoms with Gasteiger partial charge in [0.15, 0.2) is 0 Å². The van der Waals surface area contributed by atoms with E-state index in [0.29, 0.717) is 19.6 Å². The molecule has 118 valence electrons. The molecule has 1 N–H and O–H groups in total. The molecule has 1 aromatic carbocycles. The molecule has 0 radical (unpaired) electrons. The average molecular weight is 292 g/mol. The Balaban J connectivity index is 2.47. The Morgan fingerprint density at radius 2 is 1.90 bits per heavy atom. The molecule has 0 unspecified atom stereocenters. The van der Waals surface area contributed by atoms with Crippen molar-refractivity contribution in [1.82, 2.24) is 0 Å². The number of hydrogen-bond acceptors (Lipinski definition) is 3. The van der Waals surface area contributed by atoms with Crippen LogP contribution in [0.5, 0.6) is 0 Å². The Labute approximate surface area is 128 Å². The zero-order chi connectivity index (χ0) is 15.9. The fourth-order valence-corrected chi connectivity index (χ4v) is 2.44. The number of aliphatic hydroxyl groups is 1. The van der Waals surface area contributed by atoms with Crippen molar-refractivity contribution in [2.45, 2.75) is 53.2 Å². The molecular formula is C18H28O3. The number of ketones is 1. The van der Waals surface area contributed by atoms with Gasteiger partial charge >= 0.3 is 0 Å². The van der Waals surface area contributed by atoms with Crippen molar-refractivity contribution in [3.8, 4) is 0 Å². The van der Waals surface area contributed by atoms with Crippen LogP contribution in [0, 0.1) is 11.3 Å². The quantitative estimate of drug-likeness (QED) is 0.756. The number of benzene rings is 1. The minimum absolute atomic E-state index is 0.0662. The van der Waals surface area contributed by atoms with Gasteiger partial charge in [-0.1, -0.05) is 64.4 Å². The van der Waals surface area contributed by atoms with Crippen LogP contribution in [0.3, 0.4) is 0 Å². The van der Waals surface area contributed by atoms with Crippen LogP contribution in [0.15, 0.2) is 30.3 Å². The number of carbonyl (C=O) groups is 1. The Morgan fingerprint density at radius 3 is 2.48 bits per heavy atom. The maximum Gasteiger partial charge on any atom is 0.146 e. The first-order chi connectivity index (χ1) is 9.89. The standard InChI is InChI=1S/C18H28O3/c1-5-9-16(19)18(3,4)17(20)14(2)12-21-13-15-10-7-6-8-11-15/h6-8,10-11,14,16,19H,5,9,12-13H2,1-4H3/t14-,16-/m0/s1. The van der Waals surface area contributed by atoms with E-state index in [2.05, 4.69) is 0 Å². The van der Waals surface area contributed by atoms with Crippen molar-refractivity contribution < 1.29 is 14.6 Å². The molecule has 0 aliphatic rings. The molecule has 1 aromatic rings. The molecule has 0 heterocycles. The molecule has 0 aromatic heterocycles. The van der Waals surface area contributed by atoms with E-state index in [1.165, 1.54) is 0 Å². The van der Waals surface area contributed by atoms with Crippen molar-refractivity contribution in [3.63, 3.8) is 0 Å². The highest BCUT2D eigenvalue weighted by Gasteiger charge is 2.37. The summed E-state index contributed by atoms with van der Waals surface area (Å²) in [7, 11) is 0. The largest absolute Gasteiger partial charge is 0.392 e. The number of ether oxygens (including phenoxy) is 1. The van der Waals surface area contributed by atoms with Crippen LogP contribution in [0.4, 0.5) is 0 Å². The van der Waals surface area contributed by atoms with Crippen molar-refractivity contribution in [2.24, 2.45) is 11.3 Å². The third-order valence-corrected chi connectivity index (χ3v) is 3.96. The van der Waals surface area contributed by atoms with Crippen LogP contribution >= 0.6 is 0 Å². The summed E-state index contributed by atoms with van der Waals surface area (Å²) in [6.45, 7) is 8.42. The Bertz CT molecular complexity index is 425. The smallest absolute Gasteiger partial charge is 0.146 e. The molecule has 0 saturated carbocycles. The summed E-state index contributed by atoms with van der Waals surface area (Å²) in [5, 5.41) is 10.1. The predicted molar refractivity (Wildman–Crippen MR) is 85.0 cm³/mol. The molecule has 0 amide bonds. The number of carbonyl (C=O) groups excluding carboxylic acids is 1. The summed E-state index contributed by atoms with van der Waals surface area (Å²) >= 11 is 0. The number of Topliss-reactive ketones (excluding diaryl/α,β-unsaturated/α-hetero) is 1. The highest BCUT2D eigenvalue weighted by molar-refractivity contribution is 5.86.